The second-order valence-electron chi connectivity index (χ2n) is 2.76. The maximum atomic E-state index is 10.8. The fourth-order valence-corrected chi connectivity index (χ4v) is 1.08. The lowest BCUT2D eigenvalue weighted by molar-refractivity contribution is -0.140. The van der Waals surface area contributed by atoms with Crippen molar-refractivity contribution in [2.75, 3.05) is 7.11 Å². The molecule has 0 aliphatic rings. The molecule has 5 heteroatoms. The van der Waals surface area contributed by atoms with Gasteiger partial charge in [0.25, 0.3) is 0 Å². The zero-order chi connectivity index (χ0) is 11.1. The van der Waals surface area contributed by atoms with Gasteiger partial charge in [-0.05, 0) is 6.42 Å². The van der Waals surface area contributed by atoms with Crippen molar-refractivity contribution in [1.29, 1.82) is 0 Å². The third-order valence-electron chi connectivity index (χ3n) is 1.93. The van der Waals surface area contributed by atoms with Gasteiger partial charge in [-0.2, -0.15) is 0 Å². The molecule has 14 heavy (non-hydrogen) atoms. The van der Waals surface area contributed by atoms with E-state index < -0.39 is 18.1 Å². The molecule has 2 unspecified atom stereocenters. The summed E-state index contributed by atoms with van der Waals surface area (Å²) >= 11 is 0. The lowest BCUT2D eigenvalue weighted by Crippen LogP contribution is -2.45. The van der Waals surface area contributed by atoms with Crippen LogP contribution in [0.15, 0.2) is 12.7 Å². The van der Waals surface area contributed by atoms with Gasteiger partial charge in [-0.1, -0.05) is 13.0 Å². The third-order valence-corrected chi connectivity index (χ3v) is 1.93. The molecular formula is C9H15NO4. The molecule has 2 N–H and O–H groups in total. The molecule has 0 fully saturated rings. The fraction of sp³-hybridized carbons (Fsp3) is 0.556. The van der Waals surface area contributed by atoms with Crippen LogP contribution in [0.5, 0.6) is 0 Å². The van der Waals surface area contributed by atoms with Crippen LogP contribution >= 0.6 is 0 Å². The van der Waals surface area contributed by atoms with E-state index >= 15 is 0 Å². The highest BCUT2D eigenvalue weighted by atomic mass is 16.5. The minimum absolute atomic E-state index is 0.299. The van der Waals surface area contributed by atoms with Gasteiger partial charge in [-0.3, -0.25) is 0 Å². The molecule has 5 nitrogen and oxygen atoms in total. The molecule has 0 heterocycles. The smallest absolute Gasteiger partial charge is 0.407 e. The summed E-state index contributed by atoms with van der Waals surface area (Å²) in [6.07, 6.45) is 1.34. The van der Waals surface area contributed by atoms with Crippen LogP contribution in [0.4, 0.5) is 4.79 Å². The van der Waals surface area contributed by atoms with E-state index in [9.17, 15) is 9.59 Å². The van der Waals surface area contributed by atoms with Crippen molar-refractivity contribution < 1.29 is 19.4 Å². The number of carboxylic acids is 1. The summed E-state index contributed by atoms with van der Waals surface area (Å²) in [5.41, 5.74) is 0. The summed E-state index contributed by atoms with van der Waals surface area (Å²) in [5.74, 6) is -1.39. The van der Waals surface area contributed by atoms with Gasteiger partial charge in [-0.15, -0.1) is 6.58 Å². The number of nitrogens with one attached hydrogen (secondary N) is 1. The zero-order valence-corrected chi connectivity index (χ0v) is 8.32. The summed E-state index contributed by atoms with van der Waals surface area (Å²) in [5, 5.41) is 11.1. The summed E-state index contributed by atoms with van der Waals surface area (Å²) in [4.78, 5) is 21.6. The first kappa shape index (κ1) is 12.5. The molecule has 80 valence electrons. The van der Waals surface area contributed by atoms with Crippen molar-refractivity contribution in [1.82, 2.24) is 5.32 Å². The number of ether oxygens (including phenoxy) is 1. The number of hydrogen-bond acceptors (Lipinski definition) is 3. The maximum Gasteiger partial charge on any atom is 0.407 e. The molecule has 0 aromatic rings. The normalized spacial score (nSPS) is 13.9. The average Bonchev–Trinajstić information content (AvgIpc) is 2.17. The second kappa shape index (κ2) is 6.01. The minimum atomic E-state index is -1.10. The van der Waals surface area contributed by atoms with Crippen LogP contribution in [0, 0.1) is 5.92 Å². The summed E-state index contributed by atoms with van der Waals surface area (Å²) < 4.78 is 4.32. The third kappa shape index (κ3) is 3.47. The van der Waals surface area contributed by atoms with E-state index in [1.807, 2.05) is 6.92 Å². The quantitative estimate of drug-likeness (QED) is 0.651. The topological polar surface area (TPSA) is 75.6 Å². The van der Waals surface area contributed by atoms with Crippen LogP contribution in [-0.2, 0) is 9.53 Å². The first-order valence-corrected chi connectivity index (χ1v) is 4.26. The molecule has 2 atom stereocenters. The zero-order valence-electron chi connectivity index (χ0n) is 8.32. The van der Waals surface area contributed by atoms with Crippen molar-refractivity contribution in [3.63, 3.8) is 0 Å². The second-order valence-corrected chi connectivity index (χ2v) is 2.76. The Kier molecular flexibility index (Phi) is 5.36. The van der Waals surface area contributed by atoms with Gasteiger partial charge in [0.1, 0.15) is 6.04 Å². The van der Waals surface area contributed by atoms with Crippen LogP contribution in [-0.4, -0.2) is 30.3 Å². The number of rotatable bonds is 5. The Morgan fingerprint density at radius 3 is 2.50 bits per heavy atom. The van der Waals surface area contributed by atoms with Crippen molar-refractivity contribution in [2.45, 2.75) is 19.4 Å². The molecule has 0 saturated heterocycles. The average molecular weight is 201 g/mol. The lowest BCUT2D eigenvalue weighted by atomic mass is 9.97. The summed E-state index contributed by atoms with van der Waals surface area (Å²) in [7, 11) is 1.18. The van der Waals surface area contributed by atoms with Crippen LogP contribution in [0.2, 0.25) is 0 Å². The number of carbonyl (C=O) groups is 2. The molecule has 0 rings (SSSR count). The van der Waals surface area contributed by atoms with E-state index in [4.69, 9.17) is 5.11 Å². The highest BCUT2D eigenvalue weighted by molar-refractivity contribution is 5.80. The molecule has 0 aliphatic carbocycles. The van der Waals surface area contributed by atoms with Gasteiger partial charge in [0.15, 0.2) is 0 Å². The highest BCUT2D eigenvalue weighted by Gasteiger charge is 2.26. The highest BCUT2D eigenvalue weighted by Crippen LogP contribution is 2.10. The van der Waals surface area contributed by atoms with Crippen molar-refractivity contribution in [3.05, 3.63) is 12.7 Å². The van der Waals surface area contributed by atoms with E-state index in [1.54, 1.807) is 0 Å². The molecule has 0 aromatic carbocycles. The molecule has 0 aliphatic heterocycles. The van der Waals surface area contributed by atoms with Gasteiger partial charge in [-0.25, -0.2) is 9.59 Å². The largest absolute Gasteiger partial charge is 0.480 e. The van der Waals surface area contributed by atoms with Crippen molar-refractivity contribution >= 4 is 12.1 Å². The standard InChI is InChI=1S/C9H15NO4/c1-4-6(5-2)7(8(11)12)10-9(13)14-3/h4,6-7H,1,5H2,2-3H3,(H,10,13)(H,11,12). The van der Waals surface area contributed by atoms with Crippen LogP contribution in [0.1, 0.15) is 13.3 Å². The Balaban J connectivity index is 4.50. The Morgan fingerprint density at radius 1 is 1.64 bits per heavy atom. The van der Waals surface area contributed by atoms with E-state index in [2.05, 4.69) is 16.6 Å². The number of aliphatic carboxylic acids is 1. The first-order valence-electron chi connectivity index (χ1n) is 4.26. The predicted molar refractivity (Wildman–Crippen MR) is 50.9 cm³/mol. The van der Waals surface area contributed by atoms with Gasteiger partial charge in [0.2, 0.25) is 0 Å². The number of carbonyl (C=O) groups excluding carboxylic acids is 1. The number of methoxy groups -OCH3 is 1. The lowest BCUT2D eigenvalue weighted by Gasteiger charge is -2.19. The van der Waals surface area contributed by atoms with Crippen LogP contribution in [0.25, 0.3) is 0 Å². The van der Waals surface area contributed by atoms with Crippen molar-refractivity contribution in [3.8, 4) is 0 Å². The number of alkyl carbamates (subject to hydrolysis) is 1. The predicted octanol–water partition coefficient (Wildman–Crippen LogP) is 1.01. The molecule has 0 spiro atoms. The maximum absolute atomic E-state index is 10.8. The first-order chi connectivity index (χ1) is 6.56. The SMILES string of the molecule is C=CC(CC)C(NC(=O)OC)C(=O)O. The molecule has 1 amide bonds. The Hall–Kier alpha value is -1.52. The van der Waals surface area contributed by atoms with Crippen molar-refractivity contribution in [2.24, 2.45) is 5.92 Å². The Bertz CT molecular complexity index is 227. The monoisotopic (exact) mass is 201 g/mol. The number of carboxylic acid groups (broad SMARTS) is 1. The van der Waals surface area contributed by atoms with E-state index in [-0.39, 0.29) is 5.92 Å². The van der Waals surface area contributed by atoms with Gasteiger partial charge in [0, 0.05) is 5.92 Å². The molecular weight excluding hydrogens is 186 g/mol. The Morgan fingerprint density at radius 2 is 2.21 bits per heavy atom. The molecule has 0 saturated carbocycles. The number of hydrogen-bond donors (Lipinski definition) is 2. The fourth-order valence-electron chi connectivity index (χ4n) is 1.08. The van der Waals surface area contributed by atoms with Crippen LogP contribution in [0.3, 0.4) is 0 Å². The van der Waals surface area contributed by atoms with Gasteiger partial charge < -0.3 is 15.2 Å². The summed E-state index contributed by atoms with van der Waals surface area (Å²) in [6.45, 7) is 5.33. The summed E-state index contributed by atoms with van der Waals surface area (Å²) in [6, 6.07) is -0.982. The van der Waals surface area contributed by atoms with Gasteiger partial charge >= 0.3 is 12.1 Å². The van der Waals surface area contributed by atoms with Gasteiger partial charge in [0.05, 0.1) is 7.11 Å². The molecule has 0 radical (unpaired) electrons. The van der Waals surface area contributed by atoms with E-state index in [0.29, 0.717) is 6.42 Å². The Labute approximate surface area is 82.7 Å². The number of amides is 1. The molecule has 0 bridgehead atoms. The molecule has 0 aromatic heterocycles. The minimum Gasteiger partial charge on any atom is -0.480 e. The van der Waals surface area contributed by atoms with E-state index in [0.717, 1.165) is 0 Å². The van der Waals surface area contributed by atoms with Crippen LogP contribution < -0.4 is 5.32 Å². The van der Waals surface area contributed by atoms with E-state index in [1.165, 1.54) is 13.2 Å².